The minimum absolute atomic E-state index is 0.00199. The van der Waals surface area contributed by atoms with Gasteiger partial charge in [-0.05, 0) is 45.4 Å². The zero-order valence-electron chi connectivity index (χ0n) is 12.6. The number of rotatable bonds is 4. The van der Waals surface area contributed by atoms with Gasteiger partial charge >= 0.3 is 0 Å². The summed E-state index contributed by atoms with van der Waals surface area (Å²) >= 11 is 1.91. The van der Waals surface area contributed by atoms with E-state index in [1.165, 1.54) is 12.8 Å². The zero-order chi connectivity index (χ0) is 14.7. The molecule has 5 heteroatoms. The van der Waals surface area contributed by atoms with Crippen molar-refractivity contribution in [2.45, 2.75) is 56.9 Å². The number of hydrogen-bond donors (Lipinski definition) is 2. The second-order valence-corrected chi connectivity index (χ2v) is 6.99. The van der Waals surface area contributed by atoms with Crippen molar-refractivity contribution in [3.8, 4) is 0 Å². The number of amides is 1. The van der Waals surface area contributed by atoms with Crippen molar-refractivity contribution in [3.63, 3.8) is 0 Å². The minimum atomic E-state index is 0.00199. The number of carbonyl (C=O) groups is 1. The number of nitrogen functional groups attached to an aromatic ring is 1. The third-order valence-electron chi connectivity index (χ3n) is 3.95. The van der Waals surface area contributed by atoms with Crippen molar-refractivity contribution in [2.24, 2.45) is 0 Å². The standard InChI is InChI=1S/C15H25N3OS/c1-10(2)18-9-11(16)7-14(18)15(19)17-12-5-4-6-13(8-12)20-3/h7,9-10,12-13H,4-6,8,16H2,1-3H3,(H,17,19). The van der Waals surface area contributed by atoms with Gasteiger partial charge in [-0.2, -0.15) is 11.8 Å². The zero-order valence-corrected chi connectivity index (χ0v) is 13.4. The van der Waals surface area contributed by atoms with E-state index in [0.29, 0.717) is 22.7 Å². The van der Waals surface area contributed by atoms with Crippen LogP contribution in [0.1, 0.15) is 56.1 Å². The third kappa shape index (κ3) is 3.51. The quantitative estimate of drug-likeness (QED) is 0.897. The molecule has 1 amide bonds. The highest BCUT2D eigenvalue weighted by atomic mass is 32.2. The molecule has 1 heterocycles. The molecule has 0 aliphatic heterocycles. The molecule has 0 saturated heterocycles. The number of nitrogens with one attached hydrogen (secondary N) is 1. The van der Waals surface area contributed by atoms with Crippen LogP contribution in [-0.4, -0.2) is 28.0 Å². The predicted molar refractivity (Wildman–Crippen MR) is 86.3 cm³/mol. The lowest BCUT2D eigenvalue weighted by Gasteiger charge is -2.28. The van der Waals surface area contributed by atoms with Crippen LogP contribution in [0.15, 0.2) is 12.3 Å². The van der Waals surface area contributed by atoms with Gasteiger partial charge in [0.25, 0.3) is 5.91 Å². The molecule has 2 unspecified atom stereocenters. The van der Waals surface area contributed by atoms with E-state index in [0.717, 1.165) is 12.8 Å². The van der Waals surface area contributed by atoms with Crippen LogP contribution in [0, 0.1) is 0 Å². The summed E-state index contributed by atoms with van der Waals surface area (Å²) < 4.78 is 1.94. The topological polar surface area (TPSA) is 60.1 Å². The number of nitrogens with zero attached hydrogens (tertiary/aromatic N) is 1. The Bertz CT molecular complexity index is 470. The second kappa shape index (κ2) is 6.57. The Kier molecular flexibility index (Phi) is 5.02. The van der Waals surface area contributed by atoms with Crippen LogP contribution >= 0.6 is 11.8 Å². The molecule has 0 aromatic carbocycles. The van der Waals surface area contributed by atoms with E-state index in [1.807, 2.05) is 22.5 Å². The summed E-state index contributed by atoms with van der Waals surface area (Å²) in [5.41, 5.74) is 7.15. The Morgan fingerprint density at radius 1 is 1.50 bits per heavy atom. The first-order chi connectivity index (χ1) is 9.51. The van der Waals surface area contributed by atoms with Crippen LogP contribution in [0.5, 0.6) is 0 Å². The summed E-state index contributed by atoms with van der Waals surface area (Å²) in [4.78, 5) is 12.5. The number of thioether (sulfide) groups is 1. The molecule has 0 radical (unpaired) electrons. The molecule has 1 fully saturated rings. The van der Waals surface area contributed by atoms with E-state index in [1.54, 1.807) is 6.07 Å². The van der Waals surface area contributed by atoms with Gasteiger partial charge in [-0.25, -0.2) is 0 Å². The number of aromatic nitrogens is 1. The lowest BCUT2D eigenvalue weighted by Crippen LogP contribution is -2.39. The largest absolute Gasteiger partial charge is 0.397 e. The van der Waals surface area contributed by atoms with Gasteiger partial charge in [0.2, 0.25) is 0 Å². The molecule has 1 aromatic heterocycles. The fraction of sp³-hybridized carbons (Fsp3) is 0.667. The average Bonchev–Trinajstić information content (AvgIpc) is 2.81. The third-order valence-corrected chi connectivity index (χ3v) is 5.05. The Morgan fingerprint density at radius 2 is 2.25 bits per heavy atom. The number of anilines is 1. The first kappa shape index (κ1) is 15.3. The van der Waals surface area contributed by atoms with Crippen LogP contribution in [0.3, 0.4) is 0 Å². The van der Waals surface area contributed by atoms with Gasteiger partial charge in [0.05, 0.1) is 5.69 Å². The molecule has 1 aromatic rings. The lowest BCUT2D eigenvalue weighted by molar-refractivity contribution is 0.0917. The summed E-state index contributed by atoms with van der Waals surface area (Å²) in [5.74, 6) is 0.00199. The Labute approximate surface area is 125 Å². The molecule has 2 atom stereocenters. The highest BCUT2D eigenvalue weighted by Gasteiger charge is 2.24. The van der Waals surface area contributed by atoms with E-state index >= 15 is 0 Å². The van der Waals surface area contributed by atoms with Crippen molar-refractivity contribution in [2.75, 3.05) is 12.0 Å². The molecule has 20 heavy (non-hydrogen) atoms. The summed E-state index contributed by atoms with van der Waals surface area (Å²) in [6.45, 7) is 4.11. The Morgan fingerprint density at radius 3 is 2.90 bits per heavy atom. The first-order valence-electron chi connectivity index (χ1n) is 7.32. The van der Waals surface area contributed by atoms with Gasteiger partial charge in [-0.1, -0.05) is 6.42 Å². The van der Waals surface area contributed by atoms with Gasteiger partial charge < -0.3 is 15.6 Å². The maximum atomic E-state index is 12.5. The van der Waals surface area contributed by atoms with Crippen LogP contribution in [0.2, 0.25) is 0 Å². The summed E-state index contributed by atoms with van der Waals surface area (Å²) in [6, 6.07) is 2.30. The summed E-state index contributed by atoms with van der Waals surface area (Å²) in [7, 11) is 0. The molecule has 1 aliphatic carbocycles. The molecule has 0 bridgehead atoms. The summed E-state index contributed by atoms with van der Waals surface area (Å²) in [5, 5.41) is 3.86. The normalized spacial score (nSPS) is 23.0. The predicted octanol–water partition coefficient (Wildman–Crippen LogP) is 3.06. The monoisotopic (exact) mass is 295 g/mol. The van der Waals surface area contributed by atoms with E-state index < -0.39 is 0 Å². The highest BCUT2D eigenvalue weighted by molar-refractivity contribution is 7.99. The first-order valence-corrected chi connectivity index (χ1v) is 8.61. The van der Waals surface area contributed by atoms with Crippen LogP contribution in [-0.2, 0) is 0 Å². The van der Waals surface area contributed by atoms with Gasteiger partial charge in [0.1, 0.15) is 5.69 Å². The SMILES string of the molecule is CSC1CCCC(NC(=O)c2cc(N)cn2C(C)C)C1. The molecule has 1 saturated carbocycles. The molecular formula is C15H25N3OS. The number of hydrogen-bond acceptors (Lipinski definition) is 3. The molecule has 1 aliphatic rings. The highest BCUT2D eigenvalue weighted by Crippen LogP contribution is 2.27. The molecule has 4 nitrogen and oxygen atoms in total. The fourth-order valence-electron chi connectivity index (χ4n) is 2.86. The van der Waals surface area contributed by atoms with Crippen molar-refractivity contribution in [1.82, 2.24) is 9.88 Å². The van der Waals surface area contributed by atoms with Gasteiger partial charge in [-0.15, -0.1) is 0 Å². The number of carbonyl (C=O) groups excluding carboxylic acids is 1. The second-order valence-electron chi connectivity index (χ2n) is 5.85. The molecule has 112 valence electrons. The van der Waals surface area contributed by atoms with Gasteiger partial charge in [-0.3, -0.25) is 4.79 Å². The lowest BCUT2D eigenvalue weighted by atomic mass is 9.95. The Hall–Kier alpha value is -1.10. The molecule has 0 spiro atoms. The Balaban J connectivity index is 2.04. The maximum Gasteiger partial charge on any atom is 0.268 e. The maximum absolute atomic E-state index is 12.5. The van der Waals surface area contributed by atoms with E-state index in [4.69, 9.17) is 5.73 Å². The van der Waals surface area contributed by atoms with Crippen molar-refractivity contribution < 1.29 is 4.79 Å². The van der Waals surface area contributed by atoms with Crippen molar-refractivity contribution in [3.05, 3.63) is 18.0 Å². The number of nitrogens with two attached hydrogens (primary N) is 1. The smallest absolute Gasteiger partial charge is 0.268 e. The van der Waals surface area contributed by atoms with Crippen molar-refractivity contribution in [1.29, 1.82) is 0 Å². The van der Waals surface area contributed by atoms with E-state index in [2.05, 4.69) is 25.4 Å². The van der Waals surface area contributed by atoms with Gasteiger partial charge in [0.15, 0.2) is 0 Å². The summed E-state index contributed by atoms with van der Waals surface area (Å²) in [6.07, 6.45) is 8.61. The fourth-order valence-corrected chi connectivity index (χ4v) is 3.69. The van der Waals surface area contributed by atoms with Crippen LogP contribution in [0.25, 0.3) is 0 Å². The minimum Gasteiger partial charge on any atom is -0.397 e. The van der Waals surface area contributed by atoms with E-state index in [9.17, 15) is 4.79 Å². The van der Waals surface area contributed by atoms with Crippen molar-refractivity contribution >= 4 is 23.4 Å². The average molecular weight is 295 g/mol. The molecule has 3 N–H and O–H groups in total. The van der Waals surface area contributed by atoms with Crippen LogP contribution in [0.4, 0.5) is 5.69 Å². The van der Waals surface area contributed by atoms with E-state index in [-0.39, 0.29) is 11.9 Å². The van der Waals surface area contributed by atoms with Crippen LogP contribution < -0.4 is 11.1 Å². The molecular weight excluding hydrogens is 270 g/mol. The molecule has 2 rings (SSSR count). The van der Waals surface area contributed by atoms with Gasteiger partial charge in [0, 0.05) is 23.5 Å².